The third-order valence-electron chi connectivity index (χ3n) is 5.27. The SMILES string of the molecule is COc1cccc(C(c2csc3ccccc23)N2CCCNCC2)c1OC. The summed E-state index contributed by atoms with van der Waals surface area (Å²) < 4.78 is 12.7. The lowest BCUT2D eigenvalue weighted by Crippen LogP contribution is -2.33. The summed E-state index contributed by atoms with van der Waals surface area (Å²) in [6.45, 7) is 4.14. The van der Waals surface area contributed by atoms with Crippen molar-refractivity contribution in [3.8, 4) is 11.5 Å². The minimum absolute atomic E-state index is 0.145. The molecule has 2 heterocycles. The number of fused-ring (bicyclic) bond motifs is 1. The van der Waals surface area contributed by atoms with Crippen LogP contribution in [0.4, 0.5) is 0 Å². The van der Waals surface area contributed by atoms with E-state index in [9.17, 15) is 0 Å². The second-order valence-corrected chi connectivity index (χ2v) is 7.72. The van der Waals surface area contributed by atoms with Crippen LogP contribution < -0.4 is 14.8 Å². The number of methoxy groups -OCH3 is 2. The Morgan fingerprint density at radius 3 is 2.70 bits per heavy atom. The van der Waals surface area contributed by atoms with Crippen molar-refractivity contribution >= 4 is 21.4 Å². The van der Waals surface area contributed by atoms with Gasteiger partial charge in [-0.3, -0.25) is 4.90 Å². The maximum atomic E-state index is 5.82. The van der Waals surface area contributed by atoms with E-state index in [-0.39, 0.29) is 6.04 Å². The van der Waals surface area contributed by atoms with Gasteiger partial charge < -0.3 is 14.8 Å². The molecular formula is C22H26N2O2S. The van der Waals surface area contributed by atoms with E-state index in [1.54, 1.807) is 14.2 Å². The fraction of sp³-hybridized carbons (Fsp3) is 0.364. The molecule has 1 fully saturated rings. The molecule has 27 heavy (non-hydrogen) atoms. The van der Waals surface area contributed by atoms with Gasteiger partial charge in [0.1, 0.15) is 0 Å². The maximum Gasteiger partial charge on any atom is 0.165 e. The fourth-order valence-electron chi connectivity index (χ4n) is 4.02. The number of rotatable bonds is 5. The zero-order valence-electron chi connectivity index (χ0n) is 15.9. The van der Waals surface area contributed by atoms with E-state index in [1.807, 2.05) is 17.4 Å². The average Bonchev–Trinajstić information content (AvgIpc) is 2.94. The Morgan fingerprint density at radius 2 is 1.85 bits per heavy atom. The van der Waals surface area contributed by atoms with Crippen molar-refractivity contribution in [2.24, 2.45) is 0 Å². The van der Waals surface area contributed by atoms with E-state index >= 15 is 0 Å². The van der Waals surface area contributed by atoms with Crippen LogP contribution in [0.15, 0.2) is 47.8 Å². The number of ether oxygens (including phenoxy) is 2. The molecule has 1 saturated heterocycles. The van der Waals surface area contributed by atoms with E-state index in [4.69, 9.17) is 9.47 Å². The lowest BCUT2D eigenvalue weighted by atomic mass is 9.95. The number of thiophene rings is 1. The van der Waals surface area contributed by atoms with Gasteiger partial charge in [0.15, 0.2) is 11.5 Å². The summed E-state index contributed by atoms with van der Waals surface area (Å²) in [5.74, 6) is 1.62. The van der Waals surface area contributed by atoms with Gasteiger partial charge in [0.25, 0.3) is 0 Å². The molecule has 4 rings (SSSR count). The Morgan fingerprint density at radius 1 is 0.963 bits per heavy atom. The maximum absolute atomic E-state index is 5.82. The molecular weight excluding hydrogens is 356 g/mol. The summed E-state index contributed by atoms with van der Waals surface area (Å²) in [5.41, 5.74) is 2.52. The summed E-state index contributed by atoms with van der Waals surface area (Å²) in [6.07, 6.45) is 1.14. The molecule has 1 aromatic heterocycles. The lowest BCUT2D eigenvalue weighted by Gasteiger charge is -2.32. The molecule has 4 nitrogen and oxygen atoms in total. The van der Waals surface area contributed by atoms with Gasteiger partial charge >= 0.3 is 0 Å². The molecule has 5 heteroatoms. The van der Waals surface area contributed by atoms with Crippen LogP contribution in [0.25, 0.3) is 10.1 Å². The third-order valence-corrected chi connectivity index (χ3v) is 6.26. The Labute approximate surface area is 164 Å². The molecule has 0 amide bonds. The summed E-state index contributed by atoms with van der Waals surface area (Å²) in [4.78, 5) is 2.58. The van der Waals surface area contributed by atoms with Gasteiger partial charge in [-0.25, -0.2) is 0 Å². The van der Waals surface area contributed by atoms with Gasteiger partial charge in [-0.2, -0.15) is 0 Å². The lowest BCUT2D eigenvalue weighted by molar-refractivity contribution is 0.236. The first-order chi connectivity index (χ1) is 13.3. The topological polar surface area (TPSA) is 33.7 Å². The van der Waals surface area contributed by atoms with E-state index in [2.05, 4.69) is 52.0 Å². The van der Waals surface area contributed by atoms with E-state index < -0.39 is 0 Å². The predicted molar refractivity (Wildman–Crippen MR) is 112 cm³/mol. The second kappa shape index (κ2) is 8.30. The normalized spacial score (nSPS) is 16.8. The van der Waals surface area contributed by atoms with Gasteiger partial charge in [0.05, 0.1) is 20.3 Å². The molecule has 0 saturated carbocycles. The number of hydrogen-bond donors (Lipinski definition) is 1. The number of benzene rings is 2. The Hall–Kier alpha value is -2.08. The van der Waals surface area contributed by atoms with Crippen LogP contribution in [0.5, 0.6) is 11.5 Å². The first kappa shape index (κ1) is 18.3. The van der Waals surface area contributed by atoms with E-state index in [0.29, 0.717) is 0 Å². The van der Waals surface area contributed by atoms with Crippen molar-refractivity contribution in [2.45, 2.75) is 12.5 Å². The standard InChI is InChI=1S/C22H26N2O2S/c1-25-19-9-5-8-17(22(19)26-2)21(24-13-6-11-23-12-14-24)18-15-27-20-10-4-3-7-16(18)20/h3-5,7-10,15,21,23H,6,11-14H2,1-2H3. The van der Waals surface area contributed by atoms with Gasteiger partial charge in [-0.15, -0.1) is 11.3 Å². The van der Waals surface area contributed by atoms with Crippen molar-refractivity contribution in [1.29, 1.82) is 0 Å². The molecule has 0 spiro atoms. The molecule has 0 bridgehead atoms. The number of nitrogens with zero attached hydrogens (tertiary/aromatic N) is 1. The second-order valence-electron chi connectivity index (χ2n) is 6.81. The van der Waals surface area contributed by atoms with Crippen molar-refractivity contribution in [3.05, 3.63) is 59.0 Å². The quantitative estimate of drug-likeness (QED) is 0.713. The molecule has 3 aromatic rings. The monoisotopic (exact) mass is 382 g/mol. The van der Waals surface area contributed by atoms with Crippen molar-refractivity contribution in [1.82, 2.24) is 10.2 Å². The average molecular weight is 383 g/mol. The Bertz CT molecular complexity index is 900. The van der Waals surface area contributed by atoms with Crippen LogP contribution in [0, 0.1) is 0 Å². The van der Waals surface area contributed by atoms with Crippen LogP contribution in [0.2, 0.25) is 0 Å². The molecule has 1 atom stereocenters. The molecule has 1 aliphatic heterocycles. The molecule has 1 aliphatic rings. The highest BCUT2D eigenvalue weighted by atomic mass is 32.1. The minimum atomic E-state index is 0.145. The van der Waals surface area contributed by atoms with Crippen molar-refractivity contribution in [2.75, 3.05) is 40.4 Å². The van der Waals surface area contributed by atoms with Gasteiger partial charge in [-0.05, 0) is 41.4 Å². The van der Waals surface area contributed by atoms with Crippen LogP contribution >= 0.6 is 11.3 Å². The summed E-state index contributed by atoms with van der Waals surface area (Å²) in [6, 6.07) is 15.0. The smallest absolute Gasteiger partial charge is 0.165 e. The third kappa shape index (κ3) is 3.55. The predicted octanol–water partition coefficient (Wildman–Crippen LogP) is 4.30. The van der Waals surface area contributed by atoms with Crippen molar-refractivity contribution in [3.63, 3.8) is 0 Å². The summed E-state index contributed by atoms with van der Waals surface area (Å²) in [7, 11) is 3.43. The van der Waals surface area contributed by atoms with Gasteiger partial charge in [-0.1, -0.05) is 30.3 Å². The van der Waals surface area contributed by atoms with Crippen LogP contribution in [-0.4, -0.2) is 45.3 Å². The molecule has 142 valence electrons. The number of nitrogens with one attached hydrogen (secondary N) is 1. The van der Waals surface area contributed by atoms with Crippen LogP contribution in [-0.2, 0) is 0 Å². The molecule has 2 aromatic carbocycles. The van der Waals surface area contributed by atoms with Gasteiger partial charge in [0, 0.05) is 29.9 Å². The first-order valence-corrected chi connectivity index (χ1v) is 10.3. The first-order valence-electron chi connectivity index (χ1n) is 9.45. The number of hydrogen-bond acceptors (Lipinski definition) is 5. The molecule has 0 radical (unpaired) electrons. The molecule has 1 unspecified atom stereocenters. The number of para-hydroxylation sites is 1. The van der Waals surface area contributed by atoms with Crippen molar-refractivity contribution < 1.29 is 9.47 Å². The van der Waals surface area contributed by atoms with E-state index in [0.717, 1.165) is 44.1 Å². The highest BCUT2D eigenvalue weighted by Gasteiger charge is 2.29. The summed E-state index contributed by atoms with van der Waals surface area (Å²) in [5, 5.41) is 7.16. The van der Waals surface area contributed by atoms with Gasteiger partial charge in [0.2, 0.25) is 0 Å². The highest BCUT2D eigenvalue weighted by Crippen LogP contribution is 2.43. The Balaban J connectivity index is 1.89. The Kier molecular flexibility index (Phi) is 5.62. The van der Waals surface area contributed by atoms with Crippen LogP contribution in [0.1, 0.15) is 23.6 Å². The highest BCUT2D eigenvalue weighted by molar-refractivity contribution is 7.17. The fourth-order valence-corrected chi connectivity index (χ4v) is 5.00. The zero-order valence-corrected chi connectivity index (χ0v) is 16.7. The van der Waals surface area contributed by atoms with Crippen LogP contribution in [0.3, 0.4) is 0 Å². The zero-order chi connectivity index (χ0) is 18.6. The minimum Gasteiger partial charge on any atom is -0.493 e. The largest absolute Gasteiger partial charge is 0.493 e. The van der Waals surface area contributed by atoms with E-state index in [1.165, 1.54) is 21.2 Å². The molecule has 1 N–H and O–H groups in total. The summed E-state index contributed by atoms with van der Waals surface area (Å²) >= 11 is 1.82. The molecule has 0 aliphatic carbocycles.